The van der Waals surface area contributed by atoms with Crippen molar-refractivity contribution in [2.75, 3.05) is 19.0 Å². The SMILES string of the molecule is COC(=O)c1sc(NC(=O)C2CCCCN2)nc1C(C)(C)C.Cl. The van der Waals surface area contributed by atoms with E-state index in [1.807, 2.05) is 20.8 Å². The van der Waals surface area contributed by atoms with Crippen molar-refractivity contribution in [2.24, 2.45) is 0 Å². The van der Waals surface area contributed by atoms with Crippen molar-refractivity contribution in [1.82, 2.24) is 10.3 Å². The monoisotopic (exact) mass is 361 g/mol. The van der Waals surface area contributed by atoms with Crippen LogP contribution in [0.4, 0.5) is 5.13 Å². The molecule has 0 aromatic carbocycles. The average molecular weight is 362 g/mol. The number of anilines is 1. The van der Waals surface area contributed by atoms with E-state index in [0.717, 1.165) is 25.8 Å². The van der Waals surface area contributed by atoms with Gasteiger partial charge >= 0.3 is 5.97 Å². The Balaban J connectivity index is 0.00000264. The number of piperidine rings is 1. The minimum atomic E-state index is -0.418. The number of aromatic nitrogens is 1. The predicted octanol–water partition coefficient (Wildman–Crippen LogP) is 2.73. The van der Waals surface area contributed by atoms with Crippen LogP contribution in [0.3, 0.4) is 0 Å². The number of nitrogens with one attached hydrogen (secondary N) is 2. The minimum absolute atomic E-state index is 0. The number of halogens is 1. The molecule has 1 aliphatic rings. The second-order valence-electron chi connectivity index (χ2n) is 6.43. The molecule has 0 aliphatic carbocycles. The van der Waals surface area contributed by atoms with Crippen molar-refractivity contribution >= 4 is 40.8 Å². The molecule has 1 aromatic rings. The number of esters is 1. The predicted molar refractivity (Wildman–Crippen MR) is 93.7 cm³/mol. The molecule has 8 heteroatoms. The molecular weight excluding hydrogens is 338 g/mol. The lowest BCUT2D eigenvalue weighted by Gasteiger charge is -2.21. The van der Waals surface area contributed by atoms with E-state index < -0.39 is 5.97 Å². The number of rotatable bonds is 3. The second-order valence-corrected chi connectivity index (χ2v) is 7.43. The summed E-state index contributed by atoms with van der Waals surface area (Å²) < 4.78 is 4.81. The molecule has 2 rings (SSSR count). The molecule has 1 fully saturated rings. The molecular formula is C15H24ClN3O3S. The molecule has 1 saturated heterocycles. The first kappa shape index (κ1) is 19.9. The lowest BCUT2D eigenvalue weighted by molar-refractivity contribution is -0.118. The minimum Gasteiger partial charge on any atom is -0.465 e. The molecule has 1 aliphatic heterocycles. The van der Waals surface area contributed by atoms with Crippen LogP contribution in [0, 0.1) is 0 Å². The van der Waals surface area contributed by atoms with Crippen LogP contribution in [-0.4, -0.2) is 36.6 Å². The van der Waals surface area contributed by atoms with Gasteiger partial charge in [0.25, 0.3) is 0 Å². The van der Waals surface area contributed by atoms with E-state index in [0.29, 0.717) is 15.7 Å². The fraction of sp³-hybridized carbons (Fsp3) is 0.667. The molecule has 1 amide bonds. The normalized spacial score (nSPS) is 18.0. The number of carbonyl (C=O) groups is 2. The fourth-order valence-electron chi connectivity index (χ4n) is 2.38. The van der Waals surface area contributed by atoms with Gasteiger partial charge in [-0.05, 0) is 19.4 Å². The van der Waals surface area contributed by atoms with Gasteiger partial charge in [0.15, 0.2) is 5.13 Å². The molecule has 23 heavy (non-hydrogen) atoms. The molecule has 1 unspecified atom stereocenters. The summed E-state index contributed by atoms with van der Waals surface area (Å²) in [6, 6.07) is -0.183. The molecule has 2 heterocycles. The Morgan fingerprint density at radius 2 is 2.04 bits per heavy atom. The van der Waals surface area contributed by atoms with Crippen molar-refractivity contribution in [3.05, 3.63) is 10.6 Å². The van der Waals surface area contributed by atoms with Crippen LogP contribution < -0.4 is 10.6 Å². The van der Waals surface area contributed by atoms with Gasteiger partial charge in [0.1, 0.15) is 4.88 Å². The summed E-state index contributed by atoms with van der Waals surface area (Å²) in [5, 5.41) is 6.47. The molecule has 1 aromatic heterocycles. The molecule has 6 nitrogen and oxygen atoms in total. The van der Waals surface area contributed by atoms with E-state index in [9.17, 15) is 9.59 Å². The highest BCUT2D eigenvalue weighted by Crippen LogP contribution is 2.32. The molecule has 0 saturated carbocycles. The van der Waals surface area contributed by atoms with Crippen LogP contribution in [0.5, 0.6) is 0 Å². The van der Waals surface area contributed by atoms with Crippen LogP contribution in [0.15, 0.2) is 0 Å². The smallest absolute Gasteiger partial charge is 0.350 e. The number of ether oxygens (including phenoxy) is 1. The van der Waals surface area contributed by atoms with E-state index in [4.69, 9.17) is 4.74 Å². The Kier molecular flexibility index (Phi) is 6.98. The lowest BCUT2D eigenvalue weighted by Crippen LogP contribution is -2.43. The Morgan fingerprint density at radius 3 is 2.57 bits per heavy atom. The Morgan fingerprint density at radius 1 is 1.35 bits per heavy atom. The largest absolute Gasteiger partial charge is 0.465 e. The van der Waals surface area contributed by atoms with Crippen LogP contribution >= 0.6 is 23.7 Å². The van der Waals surface area contributed by atoms with Crippen molar-refractivity contribution in [1.29, 1.82) is 0 Å². The van der Waals surface area contributed by atoms with Gasteiger partial charge in [0.2, 0.25) is 5.91 Å². The first-order chi connectivity index (χ1) is 10.3. The summed E-state index contributed by atoms with van der Waals surface area (Å²) in [5.41, 5.74) is 0.350. The van der Waals surface area contributed by atoms with Crippen LogP contribution in [-0.2, 0) is 14.9 Å². The average Bonchev–Trinajstić information content (AvgIpc) is 2.91. The maximum atomic E-state index is 12.3. The van der Waals surface area contributed by atoms with Crippen molar-refractivity contribution in [3.8, 4) is 0 Å². The first-order valence-electron chi connectivity index (χ1n) is 7.47. The highest BCUT2D eigenvalue weighted by Gasteiger charge is 2.29. The third kappa shape index (κ3) is 4.89. The Hall–Kier alpha value is -1.18. The van der Waals surface area contributed by atoms with Crippen LogP contribution in [0.1, 0.15) is 55.4 Å². The summed E-state index contributed by atoms with van der Waals surface area (Å²) >= 11 is 1.17. The highest BCUT2D eigenvalue weighted by molar-refractivity contribution is 7.17. The number of nitrogens with zero attached hydrogens (tertiary/aromatic N) is 1. The zero-order chi connectivity index (χ0) is 16.3. The highest BCUT2D eigenvalue weighted by atomic mass is 35.5. The molecule has 130 valence electrons. The zero-order valence-corrected chi connectivity index (χ0v) is 15.5. The maximum Gasteiger partial charge on any atom is 0.350 e. The summed E-state index contributed by atoms with van der Waals surface area (Å²) in [6.07, 6.45) is 2.97. The maximum absolute atomic E-state index is 12.3. The molecule has 0 spiro atoms. The molecule has 2 N–H and O–H groups in total. The number of hydrogen-bond donors (Lipinski definition) is 2. The number of amides is 1. The topological polar surface area (TPSA) is 80.3 Å². The van der Waals surface area contributed by atoms with Crippen molar-refractivity contribution in [3.63, 3.8) is 0 Å². The zero-order valence-electron chi connectivity index (χ0n) is 13.9. The van der Waals surface area contributed by atoms with Gasteiger partial charge in [-0.1, -0.05) is 38.5 Å². The van der Waals surface area contributed by atoms with Gasteiger partial charge in [-0.3, -0.25) is 4.79 Å². The third-order valence-corrected chi connectivity index (χ3v) is 4.52. The van der Waals surface area contributed by atoms with E-state index in [1.165, 1.54) is 18.4 Å². The summed E-state index contributed by atoms with van der Waals surface area (Å²) in [4.78, 5) is 29.0. The van der Waals surface area contributed by atoms with Crippen LogP contribution in [0.25, 0.3) is 0 Å². The molecule has 0 radical (unpaired) electrons. The van der Waals surface area contributed by atoms with Crippen molar-refractivity contribution < 1.29 is 14.3 Å². The first-order valence-corrected chi connectivity index (χ1v) is 8.28. The summed E-state index contributed by atoms with van der Waals surface area (Å²) in [6.45, 7) is 6.78. The molecule has 0 bridgehead atoms. The van der Waals surface area contributed by atoms with Crippen LogP contribution in [0.2, 0.25) is 0 Å². The van der Waals surface area contributed by atoms with E-state index >= 15 is 0 Å². The lowest BCUT2D eigenvalue weighted by atomic mass is 9.91. The third-order valence-electron chi connectivity index (χ3n) is 3.57. The fourth-order valence-corrected chi connectivity index (χ4v) is 3.48. The van der Waals surface area contributed by atoms with Gasteiger partial charge in [0, 0.05) is 5.41 Å². The summed E-state index contributed by atoms with van der Waals surface area (Å²) in [5.74, 6) is -0.510. The number of methoxy groups -OCH3 is 1. The second kappa shape index (κ2) is 8.08. The van der Waals surface area contributed by atoms with E-state index in [-0.39, 0.29) is 29.8 Å². The van der Waals surface area contributed by atoms with Gasteiger partial charge < -0.3 is 15.4 Å². The van der Waals surface area contributed by atoms with Crippen molar-refractivity contribution in [2.45, 2.75) is 51.5 Å². The van der Waals surface area contributed by atoms with E-state index in [1.54, 1.807) is 0 Å². The van der Waals surface area contributed by atoms with Gasteiger partial charge in [-0.25, -0.2) is 9.78 Å². The van der Waals surface area contributed by atoms with Gasteiger partial charge in [-0.2, -0.15) is 0 Å². The number of carbonyl (C=O) groups excluding carboxylic acids is 2. The number of hydrogen-bond acceptors (Lipinski definition) is 6. The molecule has 1 atom stereocenters. The van der Waals surface area contributed by atoms with Gasteiger partial charge in [0.05, 0.1) is 18.8 Å². The van der Waals surface area contributed by atoms with Gasteiger partial charge in [-0.15, -0.1) is 12.4 Å². The van der Waals surface area contributed by atoms with E-state index in [2.05, 4.69) is 15.6 Å². The Bertz CT molecular complexity index is 563. The Labute approximate surface area is 146 Å². The quantitative estimate of drug-likeness (QED) is 0.809. The standard InChI is InChI=1S/C15H23N3O3S.ClH/c1-15(2,3)11-10(13(20)21-4)22-14(17-11)18-12(19)9-7-5-6-8-16-9;/h9,16H,5-8H2,1-4H3,(H,17,18,19);1H. The number of thiazole rings is 1. The summed E-state index contributed by atoms with van der Waals surface area (Å²) in [7, 11) is 1.35.